The van der Waals surface area contributed by atoms with Crippen LogP contribution >= 0.6 is 27.5 Å². The summed E-state index contributed by atoms with van der Waals surface area (Å²) in [6, 6.07) is 12.2. The first-order valence-corrected chi connectivity index (χ1v) is 6.94. The number of aromatic amines is 1. The molecule has 100 valence electrons. The second-order valence-corrected chi connectivity index (χ2v) is 5.47. The van der Waals surface area contributed by atoms with Crippen LogP contribution in [0.25, 0.3) is 16.5 Å². The third-order valence-corrected chi connectivity index (χ3v) is 3.88. The van der Waals surface area contributed by atoms with Crippen LogP contribution in [0.1, 0.15) is 0 Å². The normalized spacial score (nSPS) is 10.9. The molecule has 0 amide bonds. The quantitative estimate of drug-likeness (QED) is 0.685. The Balaban J connectivity index is 2.46. The molecule has 0 aliphatic carbocycles. The molecular formula is C14H8BrClN2O2. The van der Waals surface area contributed by atoms with Gasteiger partial charge in [0.15, 0.2) is 0 Å². The molecule has 6 heteroatoms. The lowest BCUT2D eigenvalue weighted by molar-refractivity contribution is 0.882. The number of nitrogens with zero attached hydrogens (tertiary/aromatic N) is 1. The fraction of sp³-hybridized carbons (Fsp3) is 0. The lowest BCUT2D eigenvalue weighted by Crippen LogP contribution is -2.33. The van der Waals surface area contributed by atoms with E-state index in [0.717, 1.165) is 19.8 Å². The molecule has 1 N–H and O–H groups in total. The molecule has 20 heavy (non-hydrogen) atoms. The number of benzene rings is 2. The van der Waals surface area contributed by atoms with Crippen LogP contribution in [-0.4, -0.2) is 9.55 Å². The SMILES string of the molecule is O=c1cc(Cl)[nH]c(=O)n1-c1ccc(Br)c2ccccc12. The summed E-state index contributed by atoms with van der Waals surface area (Å²) in [6.45, 7) is 0. The van der Waals surface area contributed by atoms with Gasteiger partial charge in [0.2, 0.25) is 0 Å². The van der Waals surface area contributed by atoms with Crippen molar-refractivity contribution < 1.29 is 0 Å². The van der Waals surface area contributed by atoms with E-state index < -0.39 is 11.2 Å². The Morgan fingerprint density at radius 2 is 1.75 bits per heavy atom. The molecule has 0 atom stereocenters. The van der Waals surface area contributed by atoms with E-state index in [1.165, 1.54) is 6.07 Å². The Morgan fingerprint density at radius 3 is 2.45 bits per heavy atom. The molecule has 0 unspecified atom stereocenters. The van der Waals surface area contributed by atoms with Gasteiger partial charge < -0.3 is 0 Å². The predicted molar refractivity (Wildman–Crippen MR) is 82.9 cm³/mol. The molecular weight excluding hydrogens is 344 g/mol. The van der Waals surface area contributed by atoms with E-state index in [1.807, 2.05) is 24.3 Å². The highest BCUT2D eigenvalue weighted by atomic mass is 79.9. The van der Waals surface area contributed by atoms with Crippen LogP contribution in [0.2, 0.25) is 5.15 Å². The molecule has 4 nitrogen and oxygen atoms in total. The smallest absolute Gasteiger partial charge is 0.297 e. The molecule has 0 bridgehead atoms. The van der Waals surface area contributed by atoms with Crippen LogP contribution in [0.5, 0.6) is 0 Å². The second kappa shape index (κ2) is 4.92. The summed E-state index contributed by atoms with van der Waals surface area (Å²) in [5.74, 6) is 0. The monoisotopic (exact) mass is 350 g/mol. The third-order valence-electron chi connectivity index (χ3n) is 2.99. The van der Waals surface area contributed by atoms with Gasteiger partial charge in [-0.2, -0.15) is 0 Å². The van der Waals surface area contributed by atoms with Crippen molar-refractivity contribution in [3.05, 3.63) is 72.9 Å². The van der Waals surface area contributed by atoms with E-state index in [0.29, 0.717) is 5.69 Å². The van der Waals surface area contributed by atoms with Gasteiger partial charge in [-0.15, -0.1) is 0 Å². The second-order valence-electron chi connectivity index (χ2n) is 4.21. The fourth-order valence-electron chi connectivity index (χ4n) is 2.14. The topological polar surface area (TPSA) is 54.9 Å². The maximum atomic E-state index is 12.0. The van der Waals surface area contributed by atoms with Gasteiger partial charge in [0.25, 0.3) is 5.56 Å². The van der Waals surface area contributed by atoms with E-state index in [9.17, 15) is 9.59 Å². The van der Waals surface area contributed by atoms with Crippen molar-refractivity contribution in [3.63, 3.8) is 0 Å². The fourth-order valence-corrected chi connectivity index (χ4v) is 2.79. The summed E-state index contributed by atoms with van der Waals surface area (Å²) in [6.07, 6.45) is 0. The molecule has 0 saturated carbocycles. The van der Waals surface area contributed by atoms with Gasteiger partial charge in [-0.25, -0.2) is 9.36 Å². The molecule has 0 spiro atoms. The Labute approximate surface area is 126 Å². The standard InChI is InChI=1S/C14H8BrClN2O2/c15-10-5-6-11(9-4-2-1-3-8(9)10)18-13(19)7-12(16)17-14(18)20/h1-7H,(H,17,20). The molecule has 2 aromatic carbocycles. The van der Waals surface area contributed by atoms with Crippen molar-refractivity contribution in [1.82, 2.24) is 9.55 Å². The maximum absolute atomic E-state index is 12.0. The number of aromatic nitrogens is 2. The number of H-pyrrole nitrogens is 1. The van der Waals surface area contributed by atoms with E-state index in [1.54, 1.807) is 12.1 Å². The summed E-state index contributed by atoms with van der Waals surface area (Å²) < 4.78 is 1.97. The number of nitrogens with one attached hydrogen (secondary N) is 1. The zero-order chi connectivity index (χ0) is 14.3. The molecule has 3 rings (SSSR count). The first-order chi connectivity index (χ1) is 9.58. The number of hydrogen-bond donors (Lipinski definition) is 1. The minimum Gasteiger partial charge on any atom is -0.297 e. The minimum absolute atomic E-state index is 0.0256. The van der Waals surface area contributed by atoms with E-state index >= 15 is 0 Å². The van der Waals surface area contributed by atoms with E-state index in [2.05, 4.69) is 20.9 Å². The van der Waals surface area contributed by atoms with E-state index in [4.69, 9.17) is 11.6 Å². The highest BCUT2D eigenvalue weighted by molar-refractivity contribution is 9.10. The molecule has 3 aromatic rings. The number of fused-ring (bicyclic) bond motifs is 1. The van der Waals surface area contributed by atoms with Crippen LogP contribution in [0.3, 0.4) is 0 Å². The Bertz CT molecular complexity index is 899. The zero-order valence-corrected chi connectivity index (χ0v) is 12.4. The lowest BCUT2D eigenvalue weighted by atomic mass is 10.1. The van der Waals surface area contributed by atoms with Gasteiger partial charge in [-0.1, -0.05) is 51.8 Å². The van der Waals surface area contributed by atoms with Crippen molar-refractivity contribution in [2.75, 3.05) is 0 Å². The molecule has 0 saturated heterocycles. The lowest BCUT2D eigenvalue weighted by Gasteiger charge is -2.09. The van der Waals surface area contributed by atoms with Crippen molar-refractivity contribution in [2.45, 2.75) is 0 Å². The summed E-state index contributed by atoms with van der Waals surface area (Å²) in [4.78, 5) is 26.5. The van der Waals surface area contributed by atoms with Crippen molar-refractivity contribution in [2.24, 2.45) is 0 Å². The Kier molecular flexibility index (Phi) is 3.23. The predicted octanol–water partition coefficient (Wildman–Crippen LogP) is 3.09. The average molecular weight is 352 g/mol. The summed E-state index contributed by atoms with van der Waals surface area (Å²) in [5.41, 5.74) is -0.507. The molecule has 1 heterocycles. The highest BCUT2D eigenvalue weighted by Crippen LogP contribution is 2.27. The van der Waals surface area contributed by atoms with Crippen LogP contribution in [0, 0.1) is 0 Å². The van der Waals surface area contributed by atoms with Gasteiger partial charge in [0.1, 0.15) is 5.15 Å². The Morgan fingerprint density at radius 1 is 1.05 bits per heavy atom. The molecule has 0 fully saturated rings. The zero-order valence-electron chi connectivity index (χ0n) is 10.1. The number of rotatable bonds is 1. The Hall–Kier alpha value is -1.85. The average Bonchev–Trinajstić information content (AvgIpc) is 2.40. The van der Waals surface area contributed by atoms with Gasteiger partial charge in [-0.3, -0.25) is 9.78 Å². The van der Waals surface area contributed by atoms with Crippen LogP contribution < -0.4 is 11.2 Å². The van der Waals surface area contributed by atoms with Crippen LogP contribution in [-0.2, 0) is 0 Å². The van der Waals surface area contributed by atoms with Crippen LogP contribution in [0.4, 0.5) is 0 Å². The number of halogens is 2. The summed E-state index contributed by atoms with van der Waals surface area (Å²) in [7, 11) is 0. The number of hydrogen-bond acceptors (Lipinski definition) is 2. The van der Waals surface area contributed by atoms with Gasteiger partial charge in [-0.05, 0) is 17.5 Å². The van der Waals surface area contributed by atoms with Gasteiger partial charge in [0, 0.05) is 15.9 Å². The van der Waals surface area contributed by atoms with E-state index in [-0.39, 0.29) is 5.15 Å². The first-order valence-electron chi connectivity index (χ1n) is 5.77. The molecule has 0 aliphatic heterocycles. The van der Waals surface area contributed by atoms with Gasteiger partial charge >= 0.3 is 5.69 Å². The summed E-state index contributed by atoms with van der Waals surface area (Å²) >= 11 is 9.13. The maximum Gasteiger partial charge on any atom is 0.334 e. The largest absolute Gasteiger partial charge is 0.334 e. The molecule has 0 aliphatic rings. The molecule has 1 aromatic heterocycles. The van der Waals surface area contributed by atoms with Crippen molar-refractivity contribution >= 4 is 38.3 Å². The minimum atomic E-state index is -0.560. The molecule has 0 radical (unpaired) electrons. The van der Waals surface area contributed by atoms with Gasteiger partial charge in [0.05, 0.1) is 5.69 Å². The van der Waals surface area contributed by atoms with Crippen molar-refractivity contribution in [3.8, 4) is 5.69 Å². The first kappa shape index (κ1) is 13.1. The third kappa shape index (κ3) is 2.09. The van der Waals surface area contributed by atoms with Crippen molar-refractivity contribution in [1.29, 1.82) is 0 Å². The highest BCUT2D eigenvalue weighted by Gasteiger charge is 2.10. The summed E-state index contributed by atoms with van der Waals surface area (Å²) in [5, 5.41) is 1.75. The van der Waals surface area contributed by atoms with Crippen LogP contribution in [0.15, 0.2) is 56.5 Å².